The summed E-state index contributed by atoms with van der Waals surface area (Å²) in [4.78, 5) is 0. The van der Waals surface area contributed by atoms with E-state index in [1.807, 2.05) is 12.1 Å². The van der Waals surface area contributed by atoms with E-state index in [9.17, 15) is 0 Å². The summed E-state index contributed by atoms with van der Waals surface area (Å²) in [6.45, 7) is 7.73. The molecule has 0 saturated heterocycles. The van der Waals surface area contributed by atoms with Gasteiger partial charge in [0.2, 0.25) is 0 Å². The molecule has 84 valence electrons. The van der Waals surface area contributed by atoms with Crippen molar-refractivity contribution in [3.63, 3.8) is 0 Å². The van der Waals surface area contributed by atoms with E-state index in [-0.39, 0.29) is 0 Å². The zero-order chi connectivity index (χ0) is 11.3. The first kappa shape index (κ1) is 12.5. The molecule has 0 bridgehead atoms. The molecular weight excluding hydrogens is 206 g/mol. The van der Waals surface area contributed by atoms with Crippen molar-refractivity contribution >= 4 is 11.6 Å². The predicted octanol–water partition coefficient (Wildman–Crippen LogP) is 3.52. The molecule has 0 saturated carbocycles. The Hall–Kier alpha value is -0.530. The highest BCUT2D eigenvalue weighted by Crippen LogP contribution is 2.09. The van der Waals surface area contributed by atoms with Gasteiger partial charge in [-0.2, -0.15) is 0 Å². The van der Waals surface area contributed by atoms with E-state index in [0.29, 0.717) is 12.0 Å². The van der Waals surface area contributed by atoms with E-state index in [0.717, 1.165) is 18.0 Å². The van der Waals surface area contributed by atoms with Crippen LogP contribution >= 0.6 is 11.6 Å². The molecule has 0 spiro atoms. The van der Waals surface area contributed by atoms with Crippen LogP contribution in [0.5, 0.6) is 0 Å². The van der Waals surface area contributed by atoms with Crippen LogP contribution in [0.3, 0.4) is 0 Å². The number of rotatable bonds is 5. The summed E-state index contributed by atoms with van der Waals surface area (Å²) in [7, 11) is 0. The third-order valence-corrected chi connectivity index (χ3v) is 3.05. The fourth-order valence-electron chi connectivity index (χ4n) is 1.33. The minimum absolute atomic E-state index is 0.581. The lowest BCUT2D eigenvalue weighted by molar-refractivity contribution is 0.430. The largest absolute Gasteiger partial charge is 0.314 e. The molecule has 0 aliphatic heterocycles. The molecule has 0 heterocycles. The zero-order valence-electron chi connectivity index (χ0n) is 9.76. The fourth-order valence-corrected chi connectivity index (χ4v) is 1.46. The van der Waals surface area contributed by atoms with Crippen LogP contribution < -0.4 is 5.32 Å². The monoisotopic (exact) mass is 225 g/mol. The second-order valence-corrected chi connectivity index (χ2v) is 4.80. The van der Waals surface area contributed by atoms with E-state index in [4.69, 9.17) is 11.6 Å². The Bertz CT molecular complexity index is 279. The Balaban J connectivity index is 2.29. The Morgan fingerprint density at radius 1 is 1.13 bits per heavy atom. The van der Waals surface area contributed by atoms with Gasteiger partial charge in [0.15, 0.2) is 0 Å². The maximum atomic E-state index is 5.82. The van der Waals surface area contributed by atoms with Gasteiger partial charge in [0, 0.05) is 11.1 Å². The standard InChI is InChI=1S/C13H20ClN/c1-10(2)11(3)15-9-8-12-4-6-13(14)7-5-12/h4-7,10-11,15H,8-9H2,1-3H3. The van der Waals surface area contributed by atoms with Crippen molar-refractivity contribution in [1.29, 1.82) is 0 Å². The van der Waals surface area contributed by atoms with E-state index >= 15 is 0 Å². The number of nitrogens with one attached hydrogen (secondary N) is 1. The van der Waals surface area contributed by atoms with Crippen LogP contribution in [0.4, 0.5) is 0 Å². The summed E-state index contributed by atoms with van der Waals surface area (Å²) in [6.07, 6.45) is 1.06. The normalized spacial score (nSPS) is 13.1. The molecule has 1 N–H and O–H groups in total. The minimum Gasteiger partial charge on any atom is -0.314 e. The molecule has 2 heteroatoms. The third-order valence-electron chi connectivity index (χ3n) is 2.79. The van der Waals surface area contributed by atoms with Gasteiger partial charge in [0.25, 0.3) is 0 Å². The minimum atomic E-state index is 0.581. The molecule has 1 nitrogen and oxygen atoms in total. The van der Waals surface area contributed by atoms with Crippen LogP contribution in [0.15, 0.2) is 24.3 Å². The van der Waals surface area contributed by atoms with Gasteiger partial charge in [-0.25, -0.2) is 0 Å². The van der Waals surface area contributed by atoms with E-state index in [1.165, 1.54) is 5.56 Å². The summed E-state index contributed by atoms with van der Waals surface area (Å²) in [5.74, 6) is 0.690. The van der Waals surface area contributed by atoms with E-state index in [1.54, 1.807) is 0 Å². The third kappa shape index (κ3) is 4.67. The van der Waals surface area contributed by atoms with Gasteiger partial charge in [0.1, 0.15) is 0 Å². The molecule has 0 fully saturated rings. The summed E-state index contributed by atoms with van der Waals surface area (Å²) in [5, 5.41) is 4.32. The molecule has 0 amide bonds. The van der Waals surface area contributed by atoms with Crippen LogP contribution in [-0.2, 0) is 6.42 Å². The van der Waals surface area contributed by atoms with Crippen LogP contribution in [-0.4, -0.2) is 12.6 Å². The van der Waals surface area contributed by atoms with Crippen molar-refractivity contribution in [2.45, 2.75) is 33.2 Å². The highest BCUT2D eigenvalue weighted by Gasteiger charge is 2.04. The van der Waals surface area contributed by atoms with Gasteiger partial charge < -0.3 is 5.32 Å². The van der Waals surface area contributed by atoms with Crippen molar-refractivity contribution in [3.8, 4) is 0 Å². The number of halogens is 1. The topological polar surface area (TPSA) is 12.0 Å². The quantitative estimate of drug-likeness (QED) is 0.809. The maximum Gasteiger partial charge on any atom is 0.0406 e. The lowest BCUT2D eigenvalue weighted by atomic mass is 10.1. The van der Waals surface area contributed by atoms with Gasteiger partial charge in [-0.15, -0.1) is 0 Å². The Kier molecular flexibility index (Phi) is 5.13. The molecule has 1 aromatic carbocycles. The van der Waals surface area contributed by atoms with Crippen molar-refractivity contribution < 1.29 is 0 Å². The molecular formula is C13H20ClN. The Morgan fingerprint density at radius 3 is 2.27 bits per heavy atom. The maximum absolute atomic E-state index is 5.82. The molecule has 15 heavy (non-hydrogen) atoms. The first-order valence-corrected chi connectivity index (χ1v) is 5.95. The zero-order valence-corrected chi connectivity index (χ0v) is 10.5. The van der Waals surface area contributed by atoms with Gasteiger partial charge in [-0.3, -0.25) is 0 Å². The Morgan fingerprint density at radius 2 is 1.73 bits per heavy atom. The molecule has 1 unspecified atom stereocenters. The van der Waals surface area contributed by atoms with E-state index in [2.05, 4.69) is 38.2 Å². The first-order valence-electron chi connectivity index (χ1n) is 5.57. The van der Waals surface area contributed by atoms with Crippen LogP contribution in [0.2, 0.25) is 5.02 Å². The molecule has 0 aliphatic rings. The van der Waals surface area contributed by atoms with Gasteiger partial charge >= 0.3 is 0 Å². The van der Waals surface area contributed by atoms with Crippen LogP contribution in [0.1, 0.15) is 26.3 Å². The second-order valence-electron chi connectivity index (χ2n) is 4.36. The fraction of sp³-hybridized carbons (Fsp3) is 0.538. The second kappa shape index (κ2) is 6.14. The summed E-state index contributed by atoms with van der Waals surface area (Å²) >= 11 is 5.82. The average Bonchev–Trinajstić information content (AvgIpc) is 2.20. The SMILES string of the molecule is CC(C)C(C)NCCc1ccc(Cl)cc1. The summed E-state index contributed by atoms with van der Waals surface area (Å²) in [5.41, 5.74) is 1.34. The molecule has 0 radical (unpaired) electrons. The van der Waals surface area contributed by atoms with Gasteiger partial charge in [-0.05, 0) is 43.5 Å². The summed E-state index contributed by atoms with van der Waals surface area (Å²) in [6, 6.07) is 8.65. The molecule has 1 aromatic rings. The average molecular weight is 226 g/mol. The highest BCUT2D eigenvalue weighted by molar-refractivity contribution is 6.30. The number of hydrogen-bond acceptors (Lipinski definition) is 1. The molecule has 1 rings (SSSR count). The van der Waals surface area contributed by atoms with Crippen molar-refractivity contribution in [1.82, 2.24) is 5.32 Å². The number of benzene rings is 1. The van der Waals surface area contributed by atoms with Crippen LogP contribution in [0, 0.1) is 5.92 Å². The van der Waals surface area contributed by atoms with Crippen LogP contribution in [0.25, 0.3) is 0 Å². The Labute approximate surface area is 97.8 Å². The molecule has 1 atom stereocenters. The lowest BCUT2D eigenvalue weighted by Crippen LogP contribution is -2.32. The highest BCUT2D eigenvalue weighted by atomic mass is 35.5. The number of hydrogen-bond donors (Lipinski definition) is 1. The van der Waals surface area contributed by atoms with Crippen molar-refractivity contribution in [3.05, 3.63) is 34.9 Å². The lowest BCUT2D eigenvalue weighted by Gasteiger charge is -2.17. The smallest absolute Gasteiger partial charge is 0.0406 e. The summed E-state index contributed by atoms with van der Waals surface area (Å²) < 4.78 is 0. The van der Waals surface area contributed by atoms with Gasteiger partial charge in [0.05, 0.1) is 0 Å². The first-order chi connectivity index (χ1) is 7.09. The molecule has 0 aliphatic carbocycles. The van der Waals surface area contributed by atoms with E-state index < -0.39 is 0 Å². The predicted molar refractivity (Wildman–Crippen MR) is 67.5 cm³/mol. The molecule has 0 aromatic heterocycles. The van der Waals surface area contributed by atoms with Gasteiger partial charge in [-0.1, -0.05) is 37.6 Å². The van der Waals surface area contributed by atoms with Crippen molar-refractivity contribution in [2.24, 2.45) is 5.92 Å². The van der Waals surface area contributed by atoms with Crippen molar-refractivity contribution in [2.75, 3.05) is 6.54 Å².